The molecule has 6 heteroatoms. The van der Waals surface area contributed by atoms with Crippen LogP contribution in [-0.4, -0.2) is 35.3 Å². The molecule has 1 atom stereocenters. The molecule has 0 aromatic heterocycles. The molecule has 20 heavy (non-hydrogen) atoms. The molecule has 1 unspecified atom stereocenters. The number of hydrogen-bond acceptors (Lipinski definition) is 4. The highest BCUT2D eigenvalue weighted by atomic mass is 32.2. The molecule has 0 aliphatic carbocycles. The van der Waals surface area contributed by atoms with Gasteiger partial charge < -0.3 is 15.7 Å². The molecule has 0 spiro atoms. The van der Waals surface area contributed by atoms with E-state index < -0.39 is 6.10 Å². The van der Waals surface area contributed by atoms with Crippen molar-refractivity contribution in [2.24, 2.45) is 0 Å². The predicted molar refractivity (Wildman–Crippen MR) is 79.0 cm³/mol. The molecule has 0 fully saturated rings. The fourth-order valence-electron chi connectivity index (χ4n) is 1.97. The monoisotopic (exact) mass is 294 g/mol. The van der Waals surface area contributed by atoms with E-state index >= 15 is 0 Å². The molecule has 1 aromatic carbocycles. The Balaban J connectivity index is 2.00. The van der Waals surface area contributed by atoms with Gasteiger partial charge >= 0.3 is 0 Å². The standard InChI is InChI=1S/C14H18N2O3S/c1-2-3-10(17)7-15-14(19)9-4-5-12-11(6-9)16-13(18)8-20-12/h4-6,10,17H,2-3,7-8H2,1H3,(H,15,19)(H,16,18). The summed E-state index contributed by atoms with van der Waals surface area (Å²) in [6.07, 6.45) is 1.02. The number of rotatable bonds is 5. The first kappa shape index (κ1) is 14.9. The van der Waals surface area contributed by atoms with Gasteiger partial charge in [-0.3, -0.25) is 9.59 Å². The first-order valence-electron chi connectivity index (χ1n) is 6.63. The maximum absolute atomic E-state index is 12.0. The number of fused-ring (bicyclic) bond motifs is 1. The summed E-state index contributed by atoms with van der Waals surface area (Å²) in [5, 5.41) is 15.0. The molecule has 3 N–H and O–H groups in total. The van der Waals surface area contributed by atoms with Crippen molar-refractivity contribution < 1.29 is 14.7 Å². The van der Waals surface area contributed by atoms with Gasteiger partial charge in [-0.2, -0.15) is 0 Å². The lowest BCUT2D eigenvalue weighted by Gasteiger charge is -2.17. The first-order valence-corrected chi connectivity index (χ1v) is 7.61. The molecule has 0 radical (unpaired) electrons. The summed E-state index contributed by atoms with van der Waals surface area (Å²) in [4.78, 5) is 24.3. The van der Waals surface area contributed by atoms with Crippen LogP contribution in [0.15, 0.2) is 23.1 Å². The number of thioether (sulfide) groups is 1. The number of aliphatic hydroxyl groups is 1. The van der Waals surface area contributed by atoms with Crippen LogP contribution in [0.25, 0.3) is 0 Å². The molecule has 1 aliphatic heterocycles. The van der Waals surface area contributed by atoms with E-state index in [-0.39, 0.29) is 18.4 Å². The van der Waals surface area contributed by atoms with Crippen LogP contribution in [0.2, 0.25) is 0 Å². The molecule has 5 nitrogen and oxygen atoms in total. The zero-order valence-corrected chi connectivity index (χ0v) is 12.1. The SMILES string of the molecule is CCCC(O)CNC(=O)c1ccc2c(c1)NC(=O)CS2. The predicted octanol–water partition coefficient (Wildman–Crippen LogP) is 1.62. The quantitative estimate of drug-likeness (QED) is 0.771. The van der Waals surface area contributed by atoms with Gasteiger partial charge in [0.05, 0.1) is 17.5 Å². The van der Waals surface area contributed by atoms with E-state index in [0.29, 0.717) is 23.4 Å². The second-order valence-electron chi connectivity index (χ2n) is 4.70. The van der Waals surface area contributed by atoms with E-state index in [1.54, 1.807) is 12.1 Å². The van der Waals surface area contributed by atoms with Crippen molar-refractivity contribution in [3.05, 3.63) is 23.8 Å². The molecule has 1 heterocycles. The summed E-state index contributed by atoms with van der Waals surface area (Å²) < 4.78 is 0. The summed E-state index contributed by atoms with van der Waals surface area (Å²) in [6.45, 7) is 2.22. The molecular weight excluding hydrogens is 276 g/mol. The third-order valence-corrected chi connectivity index (χ3v) is 4.07. The summed E-state index contributed by atoms with van der Waals surface area (Å²) in [5.41, 5.74) is 1.16. The van der Waals surface area contributed by atoms with E-state index in [0.717, 1.165) is 11.3 Å². The number of hydrogen-bond donors (Lipinski definition) is 3. The van der Waals surface area contributed by atoms with Gasteiger partial charge in [-0.25, -0.2) is 0 Å². The van der Waals surface area contributed by atoms with Gasteiger partial charge in [0.2, 0.25) is 5.91 Å². The maximum atomic E-state index is 12.0. The summed E-state index contributed by atoms with van der Waals surface area (Å²) in [6, 6.07) is 5.22. The van der Waals surface area contributed by atoms with Crippen molar-refractivity contribution >= 4 is 29.3 Å². The highest BCUT2D eigenvalue weighted by Gasteiger charge is 2.17. The van der Waals surface area contributed by atoms with Gasteiger partial charge in [0.25, 0.3) is 5.91 Å². The van der Waals surface area contributed by atoms with Crippen LogP contribution in [0, 0.1) is 0 Å². The van der Waals surface area contributed by atoms with Gasteiger partial charge in [0.1, 0.15) is 0 Å². The van der Waals surface area contributed by atoms with Crippen molar-refractivity contribution in [2.45, 2.75) is 30.8 Å². The molecule has 0 bridgehead atoms. The van der Waals surface area contributed by atoms with Crippen LogP contribution < -0.4 is 10.6 Å². The number of nitrogens with one attached hydrogen (secondary N) is 2. The lowest BCUT2D eigenvalue weighted by molar-refractivity contribution is -0.113. The fraction of sp³-hybridized carbons (Fsp3) is 0.429. The number of carbonyl (C=O) groups excluding carboxylic acids is 2. The Morgan fingerprint density at radius 2 is 2.35 bits per heavy atom. The van der Waals surface area contributed by atoms with Gasteiger partial charge in [-0.1, -0.05) is 13.3 Å². The van der Waals surface area contributed by atoms with Gasteiger partial charge in [-0.15, -0.1) is 11.8 Å². The Morgan fingerprint density at radius 3 is 3.10 bits per heavy atom. The lowest BCUT2D eigenvalue weighted by atomic mass is 10.1. The van der Waals surface area contributed by atoms with Gasteiger partial charge in [-0.05, 0) is 24.6 Å². The Bertz CT molecular complexity index is 519. The lowest BCUT2D eigenvalue weighted by Crippen LogP contribution is -2.32. The van der Waals surface area contributed by atoms with Crippen LogP contribution in [0.1, 0.15) is 30.1 Å². The highest BCUT2D eigenvalue weighted by Crippen LogP contribution is 2.31. The molecule has 108 valence electrons. The second kappa shape index (κ2) is 6.76. The van der Waals surface area contributed by atoms with Crippen molar-refractivity contribution in [2.75, 3.05) is 17.6 Å². The Hall–Kier alpha value is -1.53. The molecule has 1 aliphatic rings. The van der Waals surface area contributed by atoms with E-state index in [4.69, 9.17) is 0 Å². The largest absolute Gasteiger partial charge is 0.391 e. The molecule has 0 saturated heterocycles. The van der Waals surface area contributed by atoms with E-state index in [2.05, 4.69) is 10.6 Å². The smallest absolute Gasteiger partial charge is 0.251 e. The van der Waals surface area contributed by atoms with E-state index in [1.807, 2.05) is 13.0 Å². The Morgan fingerprint density at radius 1 is 1.55 bits per heavy atom. The third-order valence-electron chi connectivity index (χ3n) is 2.99. The average Bonchev–Trinajstić information content (AvgIpc) is 2.44. The van der Waals surface area contributed by atoms with Crippen LogP contribution in [0.5, 0.6) is 0 Å². The van der Waals surface area contributed by atoms with Crippen LogP contribution in [0.4, 0.5) is 5.69 Å². The van der Waals surface area contributed by atoms with Crippen molar-refractivity contribution in [3.8, 4) is 0 Å². The first-order chi connectivity index (χ1) is 9.60. The zero-order chi connectivity index (χ0) is 14.5. The Labute approximate surface area is 122 Å². The highest BCUT2D eigenvalue weighted by molar-refractivity contribution is 8.00. The molecular formula is C14H18N2O3S. The minimum absolute atomic E-state index is 0.0570. The summed E-state index contributed by atoms with van der Waals surface area (Å²) in [7, 11) is 0. The van der Waals surface area contributed by atoms with Gasteiger partial charge in [0, 0.05) is 17.0 Å². The average molecular weight is 294 g/mol. The second-order valence-corrected chi connectivity index (χ2v) is 5.72. The summed E-state index contributed by atoms with van der Waals surface area (Å²) in [5.74, 6) is 0.105. The molecule has 2 rings (SSSR count). The van der Waals surface area contributed by atoms with Crippen molar-refractivity contribution in [1.82, 2.24) is 5.32 Å². The minimum Gasteiger partial charge on any atom is -0.391 e. The van der Waals surface area contributed by atoms with Gasteiger partial charge in [0.15, 0.2) is 0 Å². The number of anilines is 1. The maximum Gasteiger partial charge on any atom is 0.251 e. The minimum atomic E-state index is -0.517. The molecule has 1 aromatic rings. The fourth-order valence-corrected chi connectivity index (χ4v) is 2.76. The number of amides is 2. The van der Waals surface area contributed by atoms with E-state index in [1.165, 1.54) is 11.8 Å². The number of benzene rings is 1. The number of aliphatic hydroxyl groups excluding tert-OH is 1. The van der Waals surface area contributed by atoms with E-state index in [9.17, 15) is 14.7 Å². The van der Waals surface area contributed by atoms with Crippen LogP contribution in [-0.2, 0) is 4.79 Å². The Kier molecular flexibility index (Phi) is 5.03. The van der Waals surface area contributed by atoms with Crippen molar-refractivity contribution in [1.29, 1.82) is 0 Å². The summed E-state index contributed by atoms with van der Waals surface area (Å²) >= 11 is 1.46. The zero-order valence-electron chi connectivity index (χ0n) is 11.3. The topological polar surface area (TPSA) is 78.4 Å². The normalized spacial score (nSPS) is 15.2. The van der Waals surface area contributed by atoms with Crippen LogP contribution >= 0.6 is 11.8 Å². The number of carbonyl (C=O) groups is 2. The van der Waals surface area contributed by atoms with Crippen molar-refractivity contribution in [3.63, 3.8) is 0 Å². The van der Waals surface area contributed by atoms with Crippen LogP contribution in [0.3, 0.4) is 0 Å². The third kappa shape index (κ3) is 3.74. The molecule has 2 amide bonds. The molecule has 0 saturated carbocycles.